The van der Waals surface area contributed by atoms with Gasteiger partial charge in [-0.3, -0.25) is 4.79 Å². The van der Waals surface area contributed by atoms with Gasteiger partial charge < -0.3 is 15.3 Å². The van der Waals surface area contributed by atoms with Crippen LogP contribution in [0, 0.1) is 13.8 Å². The van der Waals surface area contributed by atoms with E-state index in [4.69, 9.17) is 5.11 Å². The minimum absolute atomic E-state index is 0.464. The molecule has 16 heavy (non-hydrogen) atoms. The number of hydrogen-bond acceptors (Lipinski definition) is 3. The quantitative estimate of drug-likeness (QED) is 0.717. The average molecular weight is 224 g/mol. The van der Waals surface area contributed by atoms with Crippen molar-refractivity contribution >= 4 is 5.97 Å². The Hall–Kier alpha value is -1.39. The summed E-state index contributed by atoms with van der Waals surface area (Å²) in [5, 5.41) is 27.9. The van der Waals surface area contributed by atoms with Crippen molar-refractivity contribution in [2.45, 2.75) is 32.5 Å². The maximum Gasteiger partial charge on any atom is 0.306 e. The van der Waals surface area contributed by atoms with Gasteiger partial charge in [0.05, 0.1) is 12.5 Å². The van der Waals surface area contributed by atoms with Crippen LogP contribution in [0.3, 0.4) is 0 Å². The first-order chi connectivity index (χ1) is 7.41. The van der Waals surface area contributed by atoms with Gasteiger partial charge in [0.2, 0.25) is 0 Å². The van der Waals surface area contributed by atoms with E-state index < -0.39 is 24.6 Å². The summed E-state index contributed by atoms with van der Waals surface area (Å²) in [6.07, 6.45) is -2.90. The normalized spacial score (nSPS) is 14.5. The van der Waals surface area contributed by atoms with Gasteiger partial charge in [-0.05, 0) is 25.0 Å². The lowest BCUT2D eigenvalue weighted by molar-refractivity contribution is -0.141. The molecule has 0 fully saturated rings. The lowest BCUT2D eigenvalue weighted by atomic mass is 9.96. The number of aliphatic hydroxyl groups is 2. The summed E-state index contributed by atoms with van der Waals surface area (Å²) in [6.45, 7) is 3.69. The van der Waals surface area contributed by atoms with Crippen LogP contribution in [0.1, 0.15) is 29.2 Å². The van der Waals surface area contributed by atoms with E-state index in [1.165, 1.54) is 0 Å². The highest BCUT2D eigenvalue weighted by atomic mass is 16.4. The molecule has 4 nitrogen and oxygen atoms in total. The molecule has 0 bridgehead atoms. The van der Waals surface area contributed by atoms with E-state index in [1.54, 1.807) is 6.07 Å². The van der Waals surface area contributed by atoms with Crippen molar-refractivity contribution in [2.24, 2.45) is 0 Å². The monoisotopic (exact) mass is 224 g/mol. The Morgan fingerprint density at radius 2 is 1.94 bits per heavy atom. The highest BCUT2D eigenvalue weighted by molar-refractivity contribution is 5.67. The van der Waals surface area contributed by atoms with Gasteiger partial charge in [-0.1, -0.05) is 23.8 Å². The number of benzene rings is 1. The first-order valence-corrected chi connectivity index (χ1v) is 5.07. The summed E-state index contributed by atoms with van der Waals surface area (Å²) in [4.78, 5) is 10.4. The maximum absolute atomic E-state index is 10.4. The molecule has 1 aromatic carbocycles. The summed E-state index contributed by atoms with van der Waals surface area (Å²) in [7, 11) is 0. The highest BCUT2D eigenvalue weighted by Gasteiger charge is 2.22. The molecule has 1 rings (SSSR count). The molecule has 0 spiro atoms. The topological polar surface area (TPSA) is 77.8 Å². The van der Waals surface area contributed by atoms with Gasteiger partial charge in [-0.2, -0.15) is 0 Å². The standard InChI is InChI=1S/C12H16O4/c1-7-3-4-8(2)9(5-7)12(16)10(13)6-11(14)15/h3-5,10,12-13,16H,6H2,1-2H3,(H,14,15). The van der Waals surface area contributed by atoms with E-state index in [-0.39, 0.29) is 0 Å². The number of carboxylic acids is 1. The molecule has 0 amide bonds. The fraction of sp³-hybridized carbons (Fsp3) is 0.417. The van der Waals surface area contributed by atoms with Crippen LogP contribution in [0.15, 0.2) is 18.2 Å². The molecule has 3 N–H and O–H groups in total. The van der Waals surface area contributed by atoms with E-state index in [0.717, 1.165) is 11.1 Å². The van der Waals surface area contributed by atoms with Crippen LogP contribution >= 0.6 is 0 Å². The summed E-state index contributed by atoms with van der Waals surface area (Å²) in [6, 6.07) is 5.49. The fourth-order valence-electron chi connectivity index (χ4n) is 1.58. The first-order valence-electron chi connectivity index (χ1n) is 5.07. The molecule has 0 heterocycles. The van der Waals surface area contributed by atoms with Crippen LogP contribution < -0.4 is 0 Å². The lowest BCUT2D eigenvalue weighted by Gasteiger charge is -2.19. The second-order valence-electron chi connectivity index (χ2n) is 3.97. The van der Waals surface area contributed by atoms with Crippen LogP contribution in [-0.4, -0.2) is 27.4 Å². The number of carbonyl (C=O) groups is 1. The van der Waals surface area contributed by atoms with Crippen molar-refractivity contribution in [3.05, 3.63) is 34.9 Å². The van der Waals surface area contributed by atoms with E-state index in [2.05, 4.69) is 0 Å². The van der Waals surface area contributed by atoms with E-state index in [9.17, 15) is 15.0 Å². The molecule has 88 valence electrons. The van der Waals surface area contributed by atoms with Crippen LogP contribution in [0.2, 0.25) is 0 Å². The zero-order valence-corrected chi connectivity index (χ0v) is 9.34. The summed E-state index contributed by atoms with van der Waals surface area (Å²) < 4.78 is 0. The lowest BCUT2D eigenvalue weighted by Crippen LogP contribution is -2.22. The smallest absolute Gasteiger partial charge is 0.306 e. The van der Waals surface area contributed by atoms with Crippen molar-refractivity contribution in [2.75, 3.05) is 0 Å². The summed E-state index contributed by atoms with van der Waals surface area (Å²) in [5.41, 5.74) is 2.37. The highest BCUT2D eigenvalue weighted by Crippen LogP contribution is 2.23. The number of hydrogen-bond donors (Lipinski definition) is 3. The van der Waals surface area contributed by atoms with Gasteiger partial charge >= 0.3 is 5.97 Å². The number of aliphatic hydroxyl groups excluding tert-OH is 2. The molecule has 0 saturated heterocycles. The molecule has 0 aromatic heterocycles. The molecule has 2 unspecified atom stereocenters. The van der Waals surface area contributed by atoms with Gasteiger partial charge in [0, 0.05) is 0 Å². The van der Waals surface area contributed by atoms with E-state index in [0.29, 0.717) is 5.56 Å². The Balaban J connectivity index is 2.90. The summed E-state index contributed by atoms with van der Waals surface area (Å²) >= 11 is 0. The maximum atomic E-state index is 10.4. The third-order valence-corrected chi connectivity index (χ3v) is 2.50. The van der Waals surface area contributed by atoms with Crippen molar-refractivity contribution < 1.29 is 20.1 Å². The third-order valence-electron chi connectivity index (χ3n) is 2.50. The zero-order chi connectivity index (χ0) is 12.3. The molecule has 0 saturated carbocycles. The third kappa shape index (κ3) is 3.05. The minimum Gasteiger partial charge on any atom is -0.481 e. The molecule has 2 atom stereocenters. The predicted octanol–water partition coefficient (Wildman–Crippen LogP) is 1.17. The summed E-state index contributed by atoms with van der Waals surface area (Å²) in [5.74, 6) is -1.13. The van der Waals surface area contributed by atoms with Crippen molar-refractivity contribution in [3.63, 3.8) is 0 Å². The minimum atomic E-state index is -1.28. The van der Waals surface area contributed by atoms with Crippen LogP contribution in [0.4, 0.5) is 0 Å². The Bertz CT molecular complexity index is 387. The van der Waals surface area contributed by atoms with E-state index in [1.807, 2.05) is 26.0 Å². The van der Waals surface area contributed by atoms with Crippen molar-refractivity contribution in [1.29, 1.82) is 0 Å². The Kier molecular flexibility index (Phi) is 4.04. The SMILES string of the molecule is Cc1ccc(C)c(C(O)C(O)CC(=O)O)c1. The zero-order valence-electron chi connectivity index (χ0n) is 9.34. The van der Waals surface area contributed by atoms with Gasteiger partial charge in [-0.15, -0.1) is 0 Å². The number of carboxylic acid groups (broad SMARTS) is 1. The second kappa shape index (κ2) is 5.09. The molecule has 4 heteroatoms. The number of aryl methyl sites for hydroxylation is 2. The molecular formula is C12H16O4. The molecule has 0 aliphatic carbocycles. The van der Waals surface area contributed by atoms with Crippen LogP contribution in [-0.2, 0) is 4.79 Å². The second-order valence-corrected chi connectivity index (χ2v) is 3.97. The van der Waals surface area contributed by atoms with Gasteiger partial charge in [0.15, 0.2) is 0 Å². The number of aliphatic carboxylic acids is 1. The van der Waals surface area contributed by atoms with E-state index >= 15 is 0 Å². The molecule has 0 aliphatic heterocycles. The van der Waals surface area contributed by atoms with Gasteiger partial charge in [0.1, 0.15) is 6.10 Å². The molecule has 0 aliphatic rings. The largest absolute Gasteiger partial charge is 0.481 e. The molecule has 1 aromatic rings. The number of rotatable bonds is 4. The first kappa shape index (κ1) is 12.7. The predicted molar refractivity (Wildman–Crippen MR) is 59.1 cm³/mol. The van der Waals surface area contributed by atoms with Crippen molar-refractivity contribution in [1.82, 2.24) is 0 Å². The molecular weight excluding hydrogens is 208 g/mol. The average Bonchev–Trinajstić information content (AvgIpc) is 2.19. The molecule has 0 radical (unpaired) electrons. The van der Waals surface area contributed by atoms with Crippen molar-refractivity contribution in [3.8, 4) is 0 Å². The Labute approximate surface area is 94.2 Å². The van der Waals surface area contributed by atoms with Crippen LogP contribution in [0.5, 0.6) is 0 Å². The van der Waals surface area contributed by atoms with Gasteiger partial charge in [-0.25, -0.2) is 0 Å². The van der Waals surface area contributed by atoms with Crippen LogP contribution in [0.25, 0.3) is 0 Å². The Morgan fingerprint density at radius 3 is 2.50 bits per heavy atom. The Morgan fingerprint density at radius 1 is 1.31 bits per heavy atom. The fourth-order valence-corrected chi connectivity index (χ4v) is 1.58. The van der Waals surface area contributed by atoms with Gasteiger partial charge in [0.25, 0.3) is 0 Å².